The SMILES string of the molecule is C[C@@H]1CN(Cc2ccc(Br)nc2)CCN1C(=O)OC(C)(C)C. The second kappa shape index (κ2) is 6.96. The molecule has 1 amide bonds. The van der Waals surface area contributed by atoms with Crippen molar-refractivity contribution in [3.05, 3.63) is 28.5 Å². The molecule has 0 N–H and O–H groups in total. The van der Waals surface area contributed by atoms with E-state index in [2.05, 4.69) is 38.8 Å². The van der Waals surface area contributed by atoms with E-state index >= 15 is 0 Å². The summed E-state index contributed by atoms with van der Waals surface area (Å²) in [6, 6.07) is 4.17. The van der Waals surface area contributed by atoms with E-state index in [0.717, 1.165) is 24.2 Å². The van der Waals surface area contributed by atoms with E-state index in [-0.39, 0.29) is 12.1 Å². The monoisotopic (exact) mass is 369 g/mol. The molecule has 122 valence electrons. The van der Waals surface area contributed by atoms with Crippen LogP contribution in [0, 0.1) is 0 Å². The molecule has 0 unspecified atom stereocenters. The van der Waals surface area contributed by atoms with Crippen molar-refractivity contribution in [2.45, 2.75) is 45.9 Å². The second-order valence-corrected chi connectivity index (χ2v) is 7.56. The average molecular weight is 370 g/mol. The van der Waals surface area contributed by atoms with Gasteiger partial charge in [-0.25, -0.2) is 9.78 Å². The highest BCUT2D eigenvalue weighted by Gasteiger charge is 2.30. The molecule has 0 spiro atoms. The summed E-state index contributed by atoms with van der Waals surface area (Å²) in [6.07, 6.45) is 1.67. The van der Waals surface area contributed by atoms with E-state index in [0.29, 0.717) is 6.54 Å². The summed E-state index contributed by atoms with van der Waals surface area (Å²) < 4.78 is 6.31. The summed E-state index contributed by atoms with van der Waals surface area (Å²) in [5.74, 6) is 0. The highest BCUT2D eigenvalue weighted by atomic mass is 79.9. The van der Waals surface area contributed by atoms with Crippen LogP contribution in [0.25, 0.3) is 0 Å². The molecule has 1 aliphatic rings. The first kappa shape index (κ1) is 17.2. The molecule has 1 fully saturated rings. The molecular formula is C16H24BrN3O2. The second-order valence-electron chi connectivity index (χ2n) is 6.75. The van der Waals surface area contributed by atoms with Crippen LogP contribution >= 0.6 is 15.9 Å². The highest BCUT2D eigenvalue weighted by Crippen LogP contribution is 2.17. The summed E-state index contributed by atoms with van der Waals surface area (Å²) in [4.78, 5) is 20.6. The van der Waals surface area contributed by atoms with Crippen molar-refractivity contribution in [3.63, 3.8) is 0 Å². The summed E-state index contributed by atoms with van der Waals surface area (Å²) in [7, 11) is 0. The first-order chi connectivity index (χ1) is 10.2. The molecule has 22 heavy (non-hydrogen) atoms. The van der Waals surface area contributed by atoms with Gasteiger partial charge in [0.1, 0.15) is 10.2 Å². The number of nitrogens with zero attached hydrogens (tertiary/aromatic N) is 3. The maximum atomic E-state index is 12.2. The van der Waals surface area contributed by atoms with Gasteiger partial charge in [-0.3, -0.25) is 4.90 Å². The maximum Gasteiger partial charge on any atom is 0.410 e. The van der Waals surface area contributed by atoms with E-state index in [1.54, 1.807) is 0 Å². The molecule has 1 aliphatic heterocycles. The van der Waals surface area contributed by atoms with Crippen LogP contribution in [0.4, 0.5) is 4.79 Å². The molecule has 0 aromatic carbocycles. The Labute approximate surface area is 140 Å². The Morgan fingerprint density at radius 3 is 2.68 bits per heavy atom. The van der Waals surface area contributed by atoms with Crippen LogP contribution < -0.4 is 0 Å². The standard InChI is InChI=1S/C16H24BrN3O2/c1-12-10-19(11-13-5-6-14(17)18-9-13)7-8-20(12)15(21)22-16(2,3)4/h5-6,9,12H,7-8,10-11H2,1-4H3/t12-/m1/s1. The van der Waals surface area contributed by atoms with Crippen LogP contribution in [0.3, 0.4) is 0 Å². The smallest absolute Gasteiger partial charge is 0.410 e. The third-order valence-corrected chi connectivity index (χ3v) is 4.00. The zero-order valence-electron chi connectivity index (χ0n) is 13.7. The number of carbonyl (C=O) groups is 1. The lowest BCUT2D eigenvalue weighted by Gasteiger charge is -2.40. The van der Waals surface area contributed by atoms with Crippen molar-refractivity contribution in [2.75, 3.05) is 19.6 Å². The molecule has 0 bridgehead atoms. The van der Waals surface area contributed by atoms with E-state index in [1.165, 1.54) is 5.56 Å². The number of pyridine rings is 1. The van der Waals surface area contributed by atoms with Crippen LogP contribution in [0.2, 0.25) is 0 Å². The fourth-order valence-corrected chi connectivity index (χ4v) is 2.76. The molecule has 2 heterocycles. The molecule has 1 aromatic rings. The molecule has 1 saturated heterocycles. The number of carbonyl (C=O) groups excluding carboxylic acids is 1. The van der Waals surface area contributed by atoms with Gasteiger partial charge in [0.2, 0.25) is 0 Å². The van der Waals surface area contributed by atoms with E-state index in [1.807, 2.05) is 37.9 Å². The van der Waals surface area contributed by atoms with Crippen molar-refractivity contribution in [3.8, 4) is 0 Å². The minimum atomic E-state index is -0.447. The average Bonchev–Trinajstić information content (AvgIpc) is 2.39. The van der Waals surface area contributed by atoms with E-state index < -0.39 is 5.60 Å². The lowest BCUT2D eigenvalue weighted by molar-refractivity contribution is 0.000551. The number of aromatic nitrogens is 1. The summed E-state index contributed by atoms with van der Waals surface area (Å²) in [5.41, 5.74) is 0.734. The Balaban J connectivity index is 1.89. The normalized spacial score (nSPS) is 20.0. The van der Waals surface area contributed by atoms with Crippen LogP contribution in [0.5, 0.6) is 0 Å². The van der Waals surface area contributed by atoms with Crippen LogP contribution in [0.1, 0.15) is 33.3 Å². The third-order valence-electron chi connectivity index (χ3n) is 3.53. The molecule has 0 saturated carbocycles. The van der Waals surface area contributed by atoms with Gasteiger partial charge in [0.05, 0.1) is 0 Å². The Hall–Kier alpha value is -1.14. The number of hydrogen-bond acceptors (Lipinski definition) is 4. The molecule has 1 atom stereocenters. The zero-order chi connectivity index (χ0) is 16.3. The third kappa shape index (κ3) is 4.95. The molecule has 6 heteroatoms. The van der Waals surface area contributed by atoms with Gasteiger partial charge in [0.25, 0.3) is 0 Å². The summed E-state index contributed by atoms with van der Waals surface area (Å²) in [6.45, 7) is 11.0. The van der Waals surface area contributed by atoms with Gasteiger partial charge in [0, 0.05) is 38.4 Å². The van der Waals surface area contributed by atoms with Crippen molar-refractivity contribution in [1.82, 2.24) is 14.8 Å². The molecule has 2 rings (SSSR count). The van der Waals surface area contributed by atoms with Crippen molar-refractivity contribution in [1.29, 1.82) is 0 Å². The number of ether oxygens (including phenoxy) is 1. The number of piperazine rings is 1. The Morgan fingerprint density at radius 1 is 1.41 bits per heavy atom. The quantitative estimate of drug-likeness (QED) is 0.750. The Morgan fingerprint density at radius 2 is 2.14 bits per heavy atom. The van der Waals surface area contributed by atoms with Gasteiger partial charge >= 0.3 is 6.09 Å². The Bertz CT molecular complexity index is 513. The molecule has 1 aromatic heterocycles. The van der Waals surface area contributed by atoms with Crippen molar-refractivity contribution in [2.24, 2.45) is 0 Å². The fourth-order valence-electron chi connectivity index (χ4n) is 2.53. The van der Waals surface area contributed by atoms with Gasteiger partial charge < -0.3 is 9.64 Å². The van der Waals surface area contributed by atoms with Gasteiger partial charge in [-0.2, -0.15) is 0 Å². The predicted molar refractivity (Wildman–Crippen MR) is 89.6 cm³/mol. The molecular weight excluding hydrogens is 346 g/mol. The van der Waals surface area contributed by atoms with Crippen LogP contribution in [-0.2, 0) is 11.3 Å². The van der Waals surface area contributed by atoms with Crippen molar-refractivity contribution >= 4 is 22.0 Å². The predicted octanol–water partition coefficient (Wildman–Crippen LogP) is 3.29. The zero-order valence-corrected chi connectivity index (χ0v) is 15.3. The lowest BCUT2D eigenvalue weighted by atomic mass is 10.1. The molecule has 0 aliphatic carbocycles. The number of halogens is 1. The van der Waals surface area contributed by atoms with E-state index in [9.17, 15) is 4.79 Å². The van der Waals surface area contributed by atoms with Gasteiger partial charge in [-0.15, -0.1) is 0 Å². The minimum Gasteiger partial charge on any atom is -0.444 e. The van der Waals surface area contributed by atoms with Crippen LogP contribution in [-0.4, -0.2) is 52.2 Å². The van der Waals surface area contributed by atoms with Crippen LogP contribution in [0.15, 0.2) is 22.9 Å². The van der Waals surface area contributed by atoms with Crippen molar-refractivity contribution < 1.29 is 9.53 Å². The number of rotatable bonds is 2. The first-order valence-corrected chi connectivity index (χ1v) is 8.36. The topological polar surface area (TPSA) is 45.7 Å². The van der Waals surface area contributed by atoms with Gasteiger partial charge in [-0.05, 0) is 55.3 Å². The summed E-state index contributed by atoms with van der Waals surface area (Å²) >= 11 is 3.35. The number of amides is 1. The largest absolute Gasteiger partial charge is 0.444 e. The molecule has 5 nitrogen and oxygen atoms in total. The van der Waals surface area contributed by atoms with Gasteiger partial charge in [0.15, 0.2) is 0 Å². The first-order valence-electron chi connectivity index (χ1n) is 7.57. The highest BCUT2D eigenvalue weighted by molar-refractivity contribution is 9.10. The lowest BCUT2D eigenvalue weighted by Crippen LogP contribution is -2.54. The maximum absolute atomic E-state index is 12.2. The van der Waals surface area contributed by atoms with Gasteiger partial charge in [-0.1, -0.05) is 6.07 Å². The Kier molecular flexibility index (Phi) is 5.45. The molecule has 0 radical (unpaired) electrons. The van der Waals surface area contributed by atoms with E-state index in [4.69, 9.17) is 4.74 Å². The fraction of sp³-hybridized carbons (Fsp3) is 0.625. The summed E-state index contributed by atoms with van der Waals surface area (Å²) in [5, 5.41) is 0. The number of hydrogen-bond donors (Lipinski definition) is 0. The minimum absolute atomic E-state index is 0.145.